The summed E-state index contributed by atoms with van der Waals surface area (Å²) in [5.41, 5.74) is 10.5. The van der Waals surface area contributed by atoms with Crippen LogP contribution in [0.1, 0.15) is 11.1 Å². The summed E-state index contributed by atoms with van der Waals surface area (Å²) in [6.07, 6.45) is 2.15. The topological polar surface area (TPSA) is 41.6 Å². The Morgan fingerprint density at radius 1 is 0.962 bits per heavy atom. The normalized spacial score (nSPS) is 13.5. The maximum atomic E-state index is 6.32. The maximum Gasteiger partial charge on any atom is 0.200 e. The predicted molar refractivity (Wildman–Crippen MR) is 113 cm³/mol. The zero-order chi connectivity index (χ0) is 18.4. The van der Waals surface area contributed by atoms with E-state index in [9.17, 15) is 0 Å². The first-order valence-electron chi connectivity index (χ1n) is 8.22. The molecule has 0 bridgehead atoms. The van der Waals surface area contributed by atoms with Crippen LogP contribution in [-0.2, 0) is 12.8 Å². The van der Waals surface area contributed by atoms with E-state index in [0.29, 0.717) is 26.7 Å². The number of hydrogen-bond acceptors (Lipinski definition) is 1. The molecule has 3 aromatic carbocycles. The number of nitrogens with two attached hydrogens (primary N) is 1. The van der Waals surface area contributed by atoms with Gasteiger partial charge in [-0.15, -0.1) is 0 Å². The number of halogens is 3. The fourth-order valence-corrected chi connectivity index (χ4v) is 4.08. The largest absolute Gasteiger partial charge is 0.369 e. The standard InChI is InChI=1S/C20H16Cl3N3/c1-26(16-10-8-14(21)18(22)19(16)23)20(24)25-15-9-7-12-6-5-11-3-2-4-13(15)17(11)12/h2-4,7-10H,5-6H2,1H3,(H2,24,25). The van der Waals surface area contributed by atoms with Crippen LogP contribution in [0.15, 0.2) is 47.5 Å². The van der Waals surface area contributed by atoms with Crippen molar-refractivity contribution in [2.75, 3.05) is 11.9 Å². The molecule has 0 saturated heterocycles. The summed E-state index contributed by atoms with van der Waals surface area (Å²) in [6.45, 7) is 0. The highest BCUT2D eigenvalue weighted by atomic mass is 35.5. The van der Waals surface area contributed by atoms with Gasteiger partial charge in [0.05, 0.1) is 26.4 Å². The highest BCUT2D eigenvalue weighted by Gasteiger charge is 2.17. The molecule has 3 nitrogen and oxygen atoms in total. The minimum atomic E-state index is 0.302. The van der Waals surface area contributed by atoms with Crippen LogP contribution in [0.4, 0.5) is 11.4 Å². The van der Waals surface area contributed by atoms with Gasteiger partial charge in [-0.05, 0) is 47.6 Å². The average Bonchev–Trinajstić information content (AvgIpc) is 3.06. The Balaban J connectivity index is 1.78. The van der Waals surface area contributed by atoms with E-state index in [-0.39, 0.29) is 0 Å². The zero-order valence-corrected chi connectivity index (χ0v) is 16.3. The number of anilines is 1. The lowest BCUT2D eigenvalue weighted by molar-refractivity contribution is 1.02. The van der Waals surface area contributed by atoms with Crippen LogP contribution in [-0.4, -0.2) is 13.0 Å². The Hall–Kier alpha value is -1.94. The molecular weight excluding hydrogens is 389 g/mol. The first kappa shape index (κ1) is 17.5. The molecule has 26 heavy (non-hydrogen) atoms. The molecule has 132 valence electrons. The molecule has 0 fully saturated rings. The van der Waals surface area contributed by atoms with Crippen LogP contribution in [0.3, 0.4) is 0 Å². The number of aryl methyl sites for hydroxylation is 2. The summed E-state index contributed by atoms with van der Waals surface area (Å²) in [5.74, 6) is 0.323. The quantitative estimate of drug-likeness (QED) is 0.324. The predicted octanol–water partition coefficient (Wildman–Crippen LogP) is 5.98. The van der Waals surface area contributed by atoms with Gasteiger partial charge in [0, 0.05) is 12.4 Å². The van der Waals surface area contributed by atoms with Gasteiger partial charge in [0.1, 0.15) is 0 Å². The number of nitrogens with zero attached hydrogens (tertiary/aromatic N) is 2. The van der Waals surface area contributed by atoms with E-state index in [1.807, 2.05) is 6.07 Å². The molecule has 0 atom stereocenters. The Bertz CT molecular complexity index is 1050. The number of rotatable bonds is 2. The highest BCUT2D eigenvalue weighted by molar-refractivity contribution is 6.49. The summed E-state index contributed by atoms with van der Waals surface area (Å²) < 4.78 is 0. The van der Waals surface area contributed by atoms with Crippen molar-refractivity contribution in [3.05, 3.63) is 68.7 Å². The van der Waals surface area contributed by atoms with E-state index in [1.165, 1.54) is 16.5 Å². The third kappa shape index (κ3) is 2.81. The molecule has 3 aromatic rings. The van der Waals surface area contributed by atoms with Gasteiger partial charge in [-0.2, -0.15) is 0 Å². The SMILES string of the molecule is CN(C(N)=Nc1ccc2c3c(cccc13)CC2)c1ccc(Cl)c(Cl)c1Cl. The van der Waals surface area contributed by atoms with Crippen molar-refractivity contribution in [3.63, 3.8) is 0 Å². The van der Waals surface area contributed by atoms with Gasteiger partial charge in [-0.3, -0.25) is 0 Å². The summed E-state index contributed by atoms with van der Waals surface area (Å²) in [4.78, 5) is 6.35. The zero-order valence-electron chi connectivity index (χ0n) is 14.1. The Labute approximate surface area is 167 Å². The van der Waals surface area contributed by atoms with Gasteiger partial charge in [-0.1, -0.05) is 59.1 Å². The first-order chi connectivity index (χ1) is 12.5. The van der Waals surface area contributed by atoms with E-state index in [0.717, 1.165) is 23.9 Å². The van der Waals surface area contributed by atoms with Crippen LogP contribution in [0, 0.1) is 0 Å². The maximum absolute atomic E-state index is 6.32. The molecule has 0 aliphatic heterocycles. The second-order valence-corrected chi connectivity index (χ2v) is 7.47. The molecular formula is C20H16Cl3N3. The van der Waals surface area contributed by atoms with Crippen molar-refractivity contribution < 1.29 is 0 Å². The number of aliphatic imine (C=N–C) groups is 1. The number of guanidine groups is 1. The summed E-state index contributed by atoms with van der Waals surface area (Å²) in [6, 6.07) is 14.0. The molecule has 0 heterocycles. The lowest BCUT2D eigenvalue weighted by Crippen LogP contribution is -2.33. The molecule has 0 aromatic heterocycles. The van der Waals surface area contributed by atoms with Gasteiger partial charge >= 0.3 is 0 Å². The van der Waals surface area contributed by atoms with Gasteiger partial charge in [0.2, 0.25) is 5.96 Å². The molecule has 2 N–H and O–H groups in total. The van der Waals surface area contributed by atoms with Crippen molar-refractivity contribution >= 4 is 62.9 Å². The molecule has 1 aliphatic carbocycles. The van der Waals surface area contributed by atoms with Crippen molar-refractivity contribution in [2.45, 2.75) is 12.8 Å². The highest BCUT2D eigenvalue weighted by Crippen LogP contribution is 2.38. The summed E-state index contributed by atoms with van der Waals surface area (Å²) >= 11 is 18.5. The van der Waals surface area contributed by atoms with Gasteiger partial charge < -0.3 is 10.6 Å². The van der Waals surface area contributed by atoms with Crippen LogP contribution in [0.25, 0.3) is 10.8 Å². The van der Waals surface area contributed by atoms with Crippen molar-refractivity contribution in [3.8, 4) is 0 Å². The Morgan fingerprint density at radius 2 is 1.69 bits per heavy atom. The van der Waals surface area contributed by atoms with E-state index in [4.69, 9.17) is 40.5 Å². The van der Waals surface area contributed by atoms with Crippen molar-refractivity contribution in [1.82, 2.24) is 0 Å². The summed E-state index contributed by atoms with van der Waals surface area (Å²) in [7, 11) is 1.80. The van der Waals surface area contributed by atoms with Crippen LogP contribution >= 0.6 is 34.8 Å². The number of hydrogen-bond donors (Lipinski definition) is 1. The van der Waals surface area contributed by atoms with E-state index in [1.54, 1.807) is 24.1 Å². The van der Waals surface area contributed by atoms with E-state index < -0.39 is 0 Å². The molecule has 0 unspecified atom stereocenters. The molecule has 0 saturated carbocycles. The first-order valence-corrected chi connectivity index (χ1v) is 9.35. The van der Waals surface area contributed by atoms with E-state index in [2.05, 4.69) is 29.3 Å². The van der Waals surface area contributed by atoms with E-state index >= 15 is 0 Å². The lowest BCUT2D eigenvalue weighted by Gasteiger charge is -2.20. The fraction of sp³-hybridized carbons (Fsp3) is 0.150. The van der Waals surface area contributed by atoms with Crippen LogP contribution in [0.5, 0.6) is 0 Å². The smallest absolute Gasteiger partial charge is 0.200 e. The monoisotopic (exact) mass is 403 g/mol. The van der Waals surface area contributed by atoms with Crippen LogP contribution in [0.2, 0.25) is 15.1 Å². The van der Waals surface area contributed by atoms with Gasteiger partial charge in [0.25, 0.3) is 0 Å². The third-order valence-electron chi connectivity index (χ3n) is 4.81. The Kier molecular flexibility index (Phi) is 4.47. The van der Waals surface area contributed by atoms with Gasteiger partial charge in [0.15, 0.2) is 0 Å². The molecule has 6 heteroatoms. The minimum absolute atomic E-state index is 0.302. The van der Waals surface area contributed by atoms with Gasteiger partial charge in [-0.25, -0.2) is 4.99 Å². The average molecular weight is 405 g/mol. The molecule has 0 spiro atoms. The van der Waals surface area contributed by atoms with Crippen LogP contribution < -0.4 is 10.6 Å². The second-order valence-electron chi connectivity index (χ2n) is 6.31. The third-order valence-corrected chi connectivity index (χ3v) is 6.09. The fourth-order valence-electron chi connectivity index (χ4n) is 3.43. The molecule has 4 rings (SSSR count). The Morgan fingerprint density at radius 3 is 2.46 bits per heavy atom. The lowest BCUT2D eigenvalue weighted by atomic mass is 10.0. The number of benzene rings is 3. The summed E-state index contributed by atoms with van der Waals surface area (Å²) in [5, 5.41) is 3.47. The molecule has 1 aliphatic rings. The molecule has 0 radical (unpaired) electrons. The van der Waals surface area contributed by atoms with Crippen molar-refractivity contribution in [1.29, 1.82) is 0 Å². The van der Waals surface area contributed by atoms with Crippen molar-refractivity contribution in [2.24, 2.45) is 10.7 Å². The minimum Gasteiger partial charge on any atom is -0.369 e. The second kappa shape index (κ2) is 6.66. The molecule has 0 amide bonds.